The number of benzene rings is 1. The molecule has 0 aromatic heterocycles. The summed E-state index contributed by atoms with van der Waals surface area (Å²) >= 11 is 0. The average molecular weight is 290 g/mol. The largest absolute Gasteiger partial charge is 0.398 e. The van der Waals surface area contributed by atoms with Crippen LogP contribution in [0.25, 0.3) is 0 Å². The number of hydrogen-bond acceptors (Lipinski definition) is 4. The van der Waals surface area contributed by atoms with E-state index < -0.39 is 0 Å². The van der Waals surface area contributed by atoms with Crippen LogP contribution >= 0.6 is 0 Å². The molecule has 5 heteroatoms. The molecule has 21 heavy (non-hydrogen) atoms. The Morgan fingerprint density at radius 3 is 2.62 bits per heavy atom. The zero-order valence-corrected chi connectivity index (χ0v) is 13.2. The van der Waals surface area contributed by atoms with Crippen LogP contribution in [0, 0.1) is 6.92 Å². The average Bonchev–Trinajstić information content (AvgIpc) is 2.43. The van der Waals surface area contributed by atoms with Crippen molar-refractivity contribution in [1.82, 2.24) is 9.80 Å². The van der Waals surface area contributed by atoms with Gasteiger partial charge in [-0.2, -0.15) is 0 Å². The Morgan fingerprint density at radius 2 is 2.05 bits per heavy atom. The number of aryl methyl sites for hydroxylation is 1. The molecule has 1 heterocycles. The van der Waals surface area contributed by atoms with Gasteiger partial charge in [-0.25, -0.2) is 0 Å². The molecule has 0 spiro atoms. The lowest BCUT2D eigenvalue weighted by Gasteiger charge is -2.34. The van der Waals surface area contributed by atoms with Gasteiger partial charge in [0.05, 0.1) is 6.54 Å². The molecule has 1 aliphatic rings. The van der Waals surface area contributed by atoms with Crippen molar-refractivity contribution in [2.75, 3.05) is 44.8 Å². The molecule has 0 atom stereocenters. The first-order chi connectivity index (χ1) is 9.95. The third-order valence-corrected chi connectivity index (χ3v) is 4.22. The van der Waals surface area contributed by atoms with E-state index in [2.05, 4.69) is 29.2 Å². The fourth-order valence-electron chi connectivity index (χ4n) is 2.72. The Hall–Kier alpha value is -1.59. The molecule has 5 nitrogen and oxygen atoms in total. The van der Waals surface area contributed by atoms with Crippen molar-refractivity contribution in [3.8, 4) is 0 Å². The molecule has 0 unspecified atom stereocenters. The molecular weight excluding hydrogens is 264 g/mol. The van der Waals surface area contributed by atoms with E-state index in [0.717, 1.165) is 37.2 Å². The van der Waals surface area contributed by atoms with E-state index >= 15 is 0 Å². The smallest absolute Gasteiger partial charge is 0.238 e. The van der Waals surface area contributed by atoms with Crippen LogP contribution < -0.4 is 11.1 Å². The maximum atomic E-state index is 12.1. The third-order valence-electron chi connectivity index (χ3n) is 4.22. The van der Waals surface area contributed by atoms with Gasteiger partial charge in [0.1, 0.15) is 0 Å². The second kappa shape index (κ2) is 6.91. The first kappa shape index (κ1) is 15.8. The summed E-state index contributed by atoms with van der Waals surface area (Å²) in [7, 11) is 4.24. The summed E-state index contributed by atoms with van der Waals surface area (Å²) in [5.41, 5.74) is 8.36. The molecule has 2 rings (SSSR count). The topological polar surface area (TPSA) is 61.6 Å². The van der Waals surface area contributed by atoms with E-state index in [0.29, 0.717) is 18.3 Å². The predicted octanol–water partition coefficient (Wildman–Crippen LogP) is 1.54. The monoisotopic (exact) mass is 290 g/mol. The maximum absolute atomic E-state index is 12.1. The Labute approximate surface area is 127 Å². The van der Waals surface area contributed by atoms with Gasteiger partial charge in [0, 0.05) is 30.5 Å². The van der Waals surface area contributed by atoms with Crippen molar-refractivity contribution in [3.63, 3.8) is 0 Å². The van der Waals surface area contributed by atoms with E-state index in [1.54, 1.807) is 0 Å². The van der Waals surface area contributed by atoms with Crippen LogP contribution in [0.4, 0.5) is 11.4 Å². The lowest BCUT2D eigenvalue weighted by atomic mass is 10.0. The third kappa shape index (κ3) is 4.44. The fraction of sp³-hybridized carbons (Fsp3) is 0.562. The molecule has 0 saturated carbocycles. The SMILES string of the molecule is Cc1ccc(NC(=O)CN2CCC(N(C)C)CC2)cc1N. The molecule has 116 valence electrons. The Morgan fingerprint density at radius 1 is 1.38 bits per heavy atom. The molecular formula is C16H26N4O. The van der Waals surface area contributed by atoms with Crippen molar-refractivity contribution in [2.45, 2.75) is 25.8 Å². The van der Waals surface area contributed by atoms with Crippen molar-refractivity contribution in [3.05, 3.63) is 23.8 Å². The van der Waals surface area contributed by atoms with Crippen LogP contribution in [0.1, 0.15) is 18.4 Å². The summed E-state index contributed by atoms with van der Waals surface area (Å²) in [6, 6.07) is 6.27. The molecule has 0 bridgehead atoms. The number of nitrogens with zero attached hydrogens (tertiary/aromatic N) is 2. The van der Waals surface area contributed by atoms with Crippen molar-refractivity contribution in [2.24, 2.45) is 0 Å². The van der Waals surface area contributed by atoms with Crippen molar-refractivity contribution >= 4 is 17.3 Å². The predicted molar refractivity (Wildman–Crippen MR) is 87.4 cm³/mol. The minimum atomic E-state index is 0.0292. The van der Waals surface area contributed by atoms with E-state index in [-0.39, 0.29) is 5.91 Å². The lowest BCUT2D eigenvalue weighted by molar-refractivity contribution is -0.117. The first-order valence-electron chi connectivity index (χ1n) is 7.50. The minimum absolute atomic E-state index is 0.0292. The number of amides is 1. The molecule has 1 aromatic rings. The molecule has 3 N–H and O–H groups in total. The number of rotatable bonds is 4. The van der Waals surface area contributed by atoms with Crippen LogP contribution in [-0.4, -0.2) is 55.5 Å². The van der Waals surface area contributed by atoms with Gasteiger partial charge in [0.25, 0.3) is 0 Å². The summed E-state index contributed by atoms with van der Waals surface area (Å²) in [5, 5.41) is 2.92. The number of piperidine rings is 1. The molecule has 1 saturated heterocycles. The van der Waals surface area contributed by atoms with Crippen LogP contribution in [0.5, 0.6) is 0 Å². The number of likely N-dealkylation sites (tertiary alicyclic amines) is 1. The van der Waals surface area contributed by atoms with Crippen LogP contribution in [0.15, 0.2) is 18.2 Å². The van der Waals surface area contributed by atoms with Crippen LogP contribution in [-0.2, 0) is 4.79 Å². The Kier molecular flexibility index (Phi) is 5.20. The van der Waals surface area contributed by atoms with Gasteiger partial charge in [0.2, 0.25) is 5.91 Å². The van der Waals surface area contributed by atoms with E-state index in [9.17, 15) is 4.79 Å². The highest BCUT2D eigenvalue weighted by Gasteiger charge is 2.21. The van der Waals surface area contributed by atoms with Crippen molar-refractivity contribution < 1.29 is 4.79 Å². The highest BCUT2D eigenvalue weighted by atomic mass is 16.2. The first-order valence-corrected chi connectivity index (χ1v) is 7.50. The number of nitrogen functional groups attached to an aromatic ring is 1. The van der Waals surface area contributed by atoms with Gasteiger partial charge in [-0.3, -0.25) is 9.69 Å². The van der Waals surface area contributed by atoms with Gasteiger partial charge in [0.15, 0.2) is 0 Å². The zero-order valence-electron chi connectivity index (χ0n) is 13.2. The summed E-state index contributed by atoms with van der Waals surface area (Å²) < 4.78 is 0. The number of anilines is 2. The van der Waals surface area contributed by atoms with Crippen molar-refractivity contribution in [1.29, 1.82) is 0 Å². The Bertz CT molecular complexity index is 493. The highest BCUT2D eigenvalue weighted by molar-refractivity contribution is 5.92. The van der Waals surface area contributed by atoms with Gasteiger partial charge in [-0.1, -0.05) is 6.07 Å². The highest BCUT2D eigenvalue weighted by Crippen LogP contribution is 2.17. The summed E-state index contributed by atoms with van der Waals surface area (Å²) in [6.45, 7) is 4.36. The number of carbonyl (C=O) groups is 1. The Balaban J connectivity index is 1.81. The van der Waals surface area contributed by atoms with Gasteiger partial charge < -0.3 is 16.0 Å². The van der Waals surface area contributed by atoms with Gasteiger partial charge in [-0.15, -0.1) is 0 Å². The van der Waals surface area contributed by atoms with Gasteiger partial charge >= 0.3 is 0 Å². The van der Waals surface area contributed by atoms with E-state index in [4.69, 9.17) is 5.73 Å². The number of carbonyl (C=O) groups excluding carboxylic acids is 1. The van der Waals surface area contributed by atoms with Crippen LogP contribution in [0.3, 0.4) is 0 Å². The molecule has 1 fully saturated rings. The van der Waals surface area contributed by atoms with E-state index in [1.807, 2.05) is 25.1 Å². The quantitative estimate of drug-likeness (QED) is 0.826. The lowest BCUT2D eigenvalue weighted by Crippen LogP contribution is -2.44. The summed E-state index contributed by atoms with van der Waals surface area (Å²) in [5.74, 6) is 0.0292. The summed E-state index contributed by atoms with van der Waals surface area (Å²) in [6.07, 6.45) is 2.25. The zero-order chi connectivity index (χ0) is 15.4. The number of hydrogen-bond donors (Lipinski definition) is 2. The minimum Gasteiger partial charge on any atom is -0.398 e. The second-order valence-electron chi connectivity index (χ2n) is 6.09. The summed E-state index contributed by atoms with van der Waals surface area (Å²) in [4.78, 5) is 16.6. The molecule has 0 radical (unpaired) electrons. The van der Waals surface area contributed by atoms with E-state index in [1.165, 1.54) is 0 Å². The molecule has 1 amide bonds. The second-order valence-corrected chi connectivity index (χ2v) is 6.09. The van der Waals surface area contributed by atoms with Crippen LogP contribution in [0.2, 0.25) is 0 Å². The fourth-order valence-corrected chi connectivity index (χ4v) is 2.72. The van der Waals surface area contributed by atoms with Gasteiger partial charge in [-0.05, 0) is 51.6 Å². The molecule has 1 aliphatic heterocycles. The number of nitrogens with two attached hydrogens (primary N) is 1. The molecule has 1 aromatic carbocycles. The normalized spacial score (nSPS) is 17.1. The standard InChI is InChI=1S/C16H26N4O/c1-12-4-5-13(10-15(12)17)18-16(21)11-20-8-6-14(7-9-20)19(2)3/h4-5,10,14H,6-9,11,17H2,1-3H3,(H,18,21). The number of nitrogens with one attached hydrogen (secondary N) is 1. The molecule has 0 aliphatic carbocycles. The maximum Gasteiger partial charge on any atom is 0.238 e.